The summed E-state index contributed by atoms with van der Waals surface area (Å²) in [6.45, 7) is 2.60. The zero-order valence-corrected chi connectivity index (χ0v) is 13.0. The van der Waals surface area contributed by atoms with Gasteiger partial charge >= 0.3 is 0 Å². The minimum atomic E-state index is 0.0639. The Hall–Kier alpha value is -2.28. The maximum Gasteiger partial charge on any atom is 0.172 e. The molecule has 0 radical (unpaired) electrons. The number of aromatic nitrogens is 1. The molecule has 0 amide bonds. The normalized spacial score (nSPS) is 11.5. The Morgan fingerprint density at radius 1 is 1.52 bits per heavy atom. The van der Waals surface area contributed by atoms with E-state index in [4.69, 9.17) is 15.7 Å². The maximum atomic E-state index is 8.92. The highest BCUT2D eigenvalue weighted by molar-refractivity contribution is 7.09. The van der Waals surface area contributed by atoms with E-state index in [9.17, 15) is 0 Å². The molecule has 1 heterocycles. The second kappa shape index (κ2) is 6.45. The van der Waals surface area contributed by atoms with Crippen molar-refractivity contribution < 1.29 is 9.94 Å². The predicted molar refractivity (Wildman–Crippen MR) is 84.5 cm³/mol. The van der Waals surface area contributed by atoms with Crippen LogP contribution in [0.15, 0.2) is 28.7 Å². The van der Waals surface area contributed by atoms with Crippen LogP contribution in [-0.4, -0.2) is 30.2 Å². The van der Waals surface area contributed by atoms with Crippen molar-refractivity contribution in [2.75, 3.05) is 19.1 Å². The van der Waals surface area contributed by atoms with Gasteiger partial charge in [-0.15, -0.1) is 11.3 Å². The lowest BCUT2D eigenvalue weighted by molar-refractivity contribution is 0.318. The standard InChI is InChI=1S/C14H18N4O2S/c1-9-16-10(8-21-9)7-18(2)13-6-11(20-3)4-5-12(13)14(15)17-19/h4-6,8,19H,7H2,1-3H3,(H2,15,17). The van der Waals surface area contributed by atoms with Gasteiger partial charge in [-0.05, 0) is 19.1 Å². The molecule has 0 spiro atoms. The van der Waals surface area contributed by atoms with Gasteiger partial charge in [0.2, 0.25) is 0 Å². The molecule has 0 fully saturated rings. The summed E-state index contributed by atoms with van der Waals surface area (Å²) in [5.41, 5.74) is 8.18. The Labute approximate surface area is 127 Å². The number of thiazole rings is 1. The van der Waals surface area contributed by atoms with Crippen LogP contribution in [-0.2, 0) is 6.54 Å². The summed E-state index contributed by atoms with van der Waals surface area (Å²) in [6.07, 6.45) is 0. The summed E-state index contributed by atoms with van der Waals surface area (Å²) in [7, 11) is 3.53. The largest absolute Gasteiger partial charge is 0.497 e. The van der Waals surface area contributed by atoms with Crippen LogP contribution in [0.5, 0.6) is 5.75 Å². The number of ether oxygens (including phenoxy) is 1. The van der Waals surface area contributed by atoms with Gasteiger partial charge in [0.05, 0.1) is 30.0 Å². The van der Waals surface area contributed by atoms with Crippen LogP contribution in [0.3, 0.4) is 0 Å². The SMILES string of the molecule is COc1ccc(/C(N)=N/O)c(N(C)Cc2csc(C)n2)c1. The Morgan fingerprint density at radius 2 is 2.29 bits per heavy atom. The topological polar surface area (TPSA) is 84.0 Å². The fourth-order valence-corrected chi connectivity index (χ4v) is 2.64. The van der Waals surface area contributed by atoms with Crippen molar-refractivity contribution in [3.05, 3.63) is 39.8 Å². The van der Waals surface area contributed by atoms with Crippen molar-refractivity contribution in [3.8, 4) is 5.75 Å². The monoisotopic (exact) mass is 306 g/mol. The van der Waals surface area contributed by atoms with Gasteiger partial charge in [0.1, 0.15) is 5.75 Å². The summed E-state index contributed by atoms with van der Waals surface area (Å²) in [6, 6.07) is 5.40. The average Bonchev–Trinajstić information content (AvgIpc) is 2.90. The van der Waals surface area contributed by atoms with Crippen LogP contribution >= 0.6 is 11.3 Å². The van der Waals surface area contributed by atoms with Gasteiger partial charge in [0.25, 0.3) is 0 Å². The number of hydrogen-bond acceptors (Lipinski definition) is 6. The molecule has 2 rings (SSSR count). The summed E-state index contributed by atoms with van der Waals surface area (Å²) >= 11 is 1.61. The van der Waals surface area contributed by atoms with Crippen molar-refractivity contribution in [2.45, 2.75) is 13.5 Å². The minimum absolute atomic E-state index is 0.0639. The smallest absolute Gasteiger partial charge is 0.172 e. The van der Waals surface area contributed by atoms with E-state index in [0.717, 1.165) is 16.4 Å². The molecule has 0 bridgehead atoms. The molecular formula is C14H18N4O2S. The molecule has 1 aromatic heterocycles. The van der Waals surface area contributed by atoms with Gasteiger partial charge in [-0.25, -0.2) is 4.98 Å². The molecule has 3 N–H and O–H groups in total. The van der Waals surface area contributed by atoms with Crippen molar-refractivity contribution >= 4 is 22.9 Å². The lowest BCUT2D eigenvalue weighted by atomic mass is 10.1. The molecule has 112 valence electrons. The molecule has 0 saturated heterocycles. The molecule has 7 heteroatoms. The van der Waals surface area contributed by atoms with Crippen molar-refractivity contribution in [1.82, 2.24) is 4.98 Å². The third kappa shape index (κ3) is 3.43. The van der Waals surface area contributed by atoms with E-state index in [1.54, 1.807) is 30.6 Å². The number of nitrogens with two attached hydrogens (primary N) is 1. The lowest BCUT2D eigenvalue weighted by Gasteiger charge is -2.22. The minimum Gasteiger partial charge on any atom is -0.497 e. The summed E-state index contributed by atoms with van der Waals surface area (Å²) < 4.78 is 5.24. The van der Waals surface area contributed by atoms with Crippen LogP contribution in [0, 0.1) is 6.92 Å². The lowest BCUT2D eigenvalue weighted by Crippen LogP contribution is -2.22. The number of hydrogen-bond donors (Lipinski definition) is 2. The Balaban J connectivity index is 2.35. The van der Waals surface area contributed by atoms with Gasteiger partial charge in [-0.2, -0.15) is 0 Å². The fourth-order valence-electron chi connectivity index (χ4n) is 2.03. The van der Waals surface area contributed by atoms with Crippen LogP contribution in [0.1, 0.15) is 16.3 Å². The van der Waals surface area contributed by atoms with Gasteiger partial charge in [0.15, 0.2) is 5.84 Å². The second-order valence-corrected chi connectivity index (χ2v) is 5.64. The molecule has 2 aromatic rings. The van der Waals surface area contributed by atoms with Gasteiger partial charge in [-0.3, -0.25) is 0 Å². The summed E-state index contributed by atoms with van der Waals surface area (Å²) in [5.74, 6) is 0.773. The predicted octanol–water partition coefficient (Wildman–Crippen LogP) is 2.19. The summed E-state index contributed by atoms with van der Waals surface area (Å²) in [5, 5.41) is 15.0. The first-order chi connectivity index (χ1) is 10.0. The van der Waals surface area contributed by atoms with Crippen LogP contribution in [0.25, 0.3) is 0 Å². The van der Waals surface area contributed by atoms with E-state index in [1.807, 2.05) is 30.3 Å². The number of nitrogens with zero attached hydrogens (tertiary/aromatic N) is 3. The van der Waals surface area contributed by atoms with E-state index in [1.165, 1.54) is 0 Å². The highest BCUT2D eigenvalue weighted by Crippen LogP contribution is 2.26. The highest BCUT2D eigenvalue weighted by atomic mass is 32.1. The van der Waals surface area contributed by atoms with E-state index in [0.29, 0.717) is 17.9 Å². The van der Waals surface area contributed by atoms with Crippen molar-refractivity contribution in [3.63, 3.8) is 0 Å². The molecule has 0 atom stereocenters. The Bertz CT molecular complexity index is 654. The van der Waals surface area contributed by atoms with E-state index in [2.05, 4.69) is 10.1 Å². The second-order valence-electron chi connectivity index (χ2n) is 4.58. The molecule has 21 heavy (non-hydrogen) atoms. The molecule has 6 nitrogen and oxygen atoms in total. The number of oxime groups is 1. The third-order valence-electron chi connectivity index (χ3n) is 3.07. The van der Waals surface area contributed by atoms with E-state index < -0.39 is 0 Å². The highest BCUT2D eigenvalue weighted by Gasteiger charge is 2.14. The first-order valence-corrected chi connectivity index (χ1v) is 7.21. The number of amidine groups is 1. The Kier molecular flexibility index (Phi) is 4.64. The maximum absolute atomic E-state index is 8.92. The third-order valence-corrected chi connectivity index (χ3v) is 3.89. The average molecular weight is 306 g/mol. The van der Waals surface area contributed by atoms with Crippen LogP contribution in [0.2, 0.25) is 0 Å². The zero-order valence-electron chi connectivity index (χ0n) is 12.2. The molecule has 0 aliphatic rings. The van der Waals surface area contributed by atoms with E-state index >= 15 is 0 Å². The van der Waals surface area contributed by atoms with Gasteiger partial charge in [0, 0.05) is 24.1 Å². The molecule has 0 aliphatic heterocycles. The quantitative estimate of drug-likeness (QED) is 0.383. The van der Waals surface area contributed by atoms with Crippen LogP contribution < -0.4 is 15.4 Å². The number of anilines is 1. The number of aryl methyl sites for hydroxylation is 1. The van der Waals surface area contributed by atoms with Gasteiger partial charge < -0.3 is 20.6 Å². The van der Waals surface area contributed by atoms with Crippen LogP contribution in [0.4, 0.5) is 5.69 Å². The van der Waals surface area contributed by atoms with Crippen molar-refractivity contribution in [2.24, 2.45) is 10.9 Å². The number of methoxy groups -OCH3 is 1. The first kappa shape index (κ1) is 15.1. The number of benzene rings is 1. The fraction of sp³-hybridized carbons (Fsp3) is 0.286. The van der Waals surface area contributed by atoms with Crippen molar-refractivity contribution in [1.29, 1.82) is 0 Å². The molecule has 0 saturated carbocycles. The molecule has 0 aliphatic carbocycles. The number of rotatable bonds is 5. The first-order valence-electron chi connectivity index (χ1n) is 6.33. The Morgan fingerprint density at radius 3 is 2.86 bits per heavy atom. The molecular weight excluding hydrogens is 288 g/mol. The summed E-state index contributed by atoms with van der Waals surface area (Å²) in [4.78, 5) is 6.44. The molecule has 1 aromatic carbocycles. The molecule has 0 unspecified atom stereocenters. The van der Waals surface area contributed by atoms with E-state index in [-0.39, 0.29) is 5.84 Å². The zero-order chi connectivity index (χ0) is 15.4. The van der Waals surface area contributed by atoms with Gasteiger partial charge in [-0.1, -0.05) is 5.16 Å².